The van der Waals surface area contributed by atoms with Crippen molar-refractivity contribution in [3.05, 3.63) is 30.6 Å². The number of hydrogen-bond donors (Lipinski definition) is 1. The van der Waals surface area contributed by atoms with Crippen LogP contribution in [0.1, 0.15) is 12.8 Å². The van der Waals surface area contributed by atoms with E-state index in [4.69, 9.17) is 0 Å². The van der Waals surface area contributed by atoms with Crippen LogP contribution in [-0.2, 0) is 0 Å². The minimum atomic E-state index is 0.556. The van der Waals surface area contributed by atoms with E-state index >= 15 is 0 Å². The third-order valence-corrected chi connectivity index (χ3v) is 3.55. The van der Waals surface area contributed by atoms with Crippen LogP contribution < -0.4 is 5.32 Å². The maximum Gasteiger partial charge on any atom is 0.143 e. The number of anilines is 1. The van der Waals surface area contributed by atoms with Gasteiger partial charge in [-0.25, -0.2) is 4.68 Å². The van der Waals surface area contributed by atoms with Gasteiger partial charge < -0.3 is 10.2 Å². The summed E-state index contributed by atoms with van der Waals surface area (Å²) in [5.74, 6) is 0. The standard InChI is InChI=1S/C13H18N6/c1-18-7-5-11(6-8-18)15-12-3-2-4-13(9-12)19-10-14-16-17-19/h2-4,9-11,15H,5-8H2,1H3. The summed E-state index contributed by atoms with van der Waals surface area (Å²) < 4.78 is 1.67. The normalized spacial score (nSPS) is 17.5. The molecule has 1 N–H and O–H groups in total. The summed E-state index contributed by atoms with van der Waals surface area (Å²) in [4.78, 5) is 2.37. The zero-order valence-corrected chi connectivity index (χ0v) is 11.0. The molecule has 2 aromatic rings. The van der Waals surface area contributed by atoms with Gasteiger partial charge in [0.2, 0.25) is 0 Å². The molecule has 6 nitrogen and oxygen atoms in total. The predicted octanol–water partition coefficient (Wildman–Crippen LogP) is 1.17. The lowest BCUT2D eigenvalue weighted by Gasteiger charge is -2.30. The summed E-state index contributed by atoms with van der Waals surface area (Å²) in [6.45, 7) is 2.31. The number of benzene rings is 1. The molecule has 100 valence electrons. The van der Waals surface area contributed by atoms with Crippen molar-refractivity contribution in [1.29, 1.82) is 0 Å². The number of rotatable bonds is 3. The van der Waals surface area contributed by atoms with Gasteiger partial charge in [-0.2, -0.15) is 0 Å². The molecule has 0 aliphatic carbocycles. The van der Waals surface area contributed by atoms with Gasteiger partial charge in [0.1, 0.15) is 6.33 Å². The highest BCUT2D eigenvalue weighted by Gasteiger charge is 2.16. The van der Waals surface area contributed by atoms with Crippen LogP contribution in [0.4, 0.5) is 5.69 Å². The molecule has 6 heteroatoms. The fourth-order valence-electron chi connectivity index (χ4n) is 2.41. The Kier molecular flexibility index (Phi) is 3.41. The summed E-state index contributed by atoms with van der Waals surface area (Å²) in [5, 5.41) is 14.8. The lowest BCUT2D eigenvalue weighted by Crippen LogP contribution is -2.36. The first-order chi connectivity index (χ1) is 9.31. The minimum absolute atomic E-state index is 0.556. The summed E-state index contributed by atoms with van der Waals surface area (Å²) in [6.07, 6.45) is 3.98. The number of nitrogens with one attached hydrogen (secondary N) is 1. The first-order valence-electron chi connectivity index (χ1n) is 6.60. The van der Waals surface area contributed by atoms with Gasteiger partial charge in [-0.1, -0.05) is 6.07 Å². The molecule has 0 spiro atoms. The molecule has 1 aromatic carbocycles. The summed E-state index contributed by atoms with van der Waals surface area (Å²) in [7, 11) is 2.18. The van der Waals surface area contributed by atoms with E-state index in [1.54, 1.807) is 11.0 Å². The van der Waals surface area contributed by atoms with Gasteiger partial charge in [0.15, 0.2) is 0 Å². The molecular formula is C13H18N6. The lowest BCUT2D eigenvalue weighted by atomic mass is 10.1. The molecule has 0 unspecified atom stereocenters. The number of hydrogen-bond acceptors (Lipinski definition) is 5. The second kappa shape index (κ2) is 5.36. The van der Waals surface area contributed by atoms with Gasteiger partial charge in [-0.15, -0.1) is 5.10 Å². The molecule has 0 atom stereocenters. The van der Waals surface area contributed by atoms with Crippen LogP contribution in [0.2, 0.25) is 0 Å². The van der Waals surface area contributed by atoms with E-state index in [0.717, 1.165) is 24.5 Å². The molecule has 1 saturated heterocycles. The first-order valence-corrected chi connectivity index (χ1v) is 6.60. The predicted molar refractivity (Wildman–Crippen MR) is 73.3 cm³/mol. The molecule has 1 fully saturated rings. The molecule has 3 rings (SSSR count). The molecule has 1 aliphatic heterocycles. The van der Waals surface area contributed by atoms with Gasteiger partial charge in [0.05, 0.1) is 5.69 Å². The molecule has 1 aromatic heterocycles. The van der Waals surface area contributed by atoms with E-state index in [-0.39, 0.29) is 0 Å². The van der Waals surface area contributed by atoms with Crippen LogP contribution in [0, 0.1) is 0 Å². The van der Waals surface area contributed by atoms with Crippen molar-refractivity contribution in [2.24, 2.45) is 0 Å². The largest absolute Gasteiger partial charge is 0.382 e. The number of likely N-dealkylation sites (tertiary alicyclic amines) is 1. The Labute approximate surface area is 112 Å². The van der Waals surface area contributed by atoms with Crippen molar-refractivity contribution in [3.8, 4) is 5.69 Å². The number of piperidine rings is 1. The molecule has 0 amide bonds. The molecule has 1 aliphatic rings. The van der Waals surface area contributed by atoms with E-state index in [9.17, 15) is 0 Å². The van der Waals surface area contributed by atoms with Crippen molar-refractivity contribution in [2.45, 2.75) is 18.9 Å². The molecule has 0 saturated carbocycles. The molecule has 0 radical (unpaired) electrons. The SMILES string of the molecule is CN1CCC(Nc2cccc(-n3cnnn3)c2)CC1. The van der Waals surface area contributed by atoms with Gasteiger partial charge >= 0.3 is 0 Å². The zero-order chi connectivity index (χ0) is 13.1. The van der Waals surface area contributed by atoms with E-state index in [2.05, 4.69) is 44.9 Å². The highest BCUT2D eigenvalue weighted by Crippen LogP contribution is 2.18. The van der Waals surface area contributed by atoms with E-state index in [1.165, 1.54) is 12.8 Å². The summed E-state index contributed by atoms with van der Waals surface area (Å²) in [6, 6.07) is 8.74. The van der Waals surface area contributed by atoms with Crippen LogP contribution in [-0.4, -0.2) is 51.3 Å². The maximum absolute atomic E-state index is 3.91. The summed E-state index contributed by atoms with van der Waals surface area (Å²) >= 11 is 0. The number of tetrazole rings is 1. The Morgan fingerprint density at radius 1 is 1.26 bits per heavy atom. The highest BCUT2D eigenvalue weighted by atomic mass is 15.5. The third kappa shape index (κ3) is 2.90. The van der Waals surface area contributed by atoms with Crippen LogP contribution in [0.5, 0.6) is 0 Å². The number of nitrogens with zero attached hydrogens (tertiary/aromatic N) is 5. The van der Waals surface area contributed by atoms with E-state index in [1.807, 2.05) is 12.1 Å². The van der Waals surface area contributed by atoms with E-state index in [0.29, 0.717) is 6.04 Å². The van der Waals surface area contributed by atoms with Crippen LogP contribution in [0.3, 0.4) is 0 Å². The Morgan fingerprint density at radius 2 is 2.11 bits per heavy atom. The quantitative estimate of drug-likeness (QED) is 0.895. The van der Waals surface area contributed by atoms with Gasteiger partial charge in [0, 0.05) is 11.7 Å². The maximum atomic E-state index is 3.91. The van der Waals surface area contributed by atoms with E-state index < -0.39 is 0 Å². The van der Waals surface area contributed by atoms with Gasteiger partial charge in [-0.3, -0.25) is 0 Å². The Morgan fingerprint density at radius 3 is 2.84 bits per heavy atom. The third-order valence-electron chi connectivity index (χ3n) is 3.55. The van der Waals surface area contributed by atoms with Crippen LogP contribution >= 0.6 is 0 Å². The van der Waals surface area contributed by atoms with Crippen molar-refractivity contribution in [3.63, 3.8) is 0 Å². The zero-order valence-electron chi connectivity index (χ0n) is 11.0. The fraction of sp³-hybridized carbons (Fsp3) is 0.462. The molecule has 0 bridgehead atoms. The van der Waals surface area contributed by atoms with Crippen molar-refractivity contribution in [1.82, 2.24) is 25.1 Å². The fourth-order valence-corrected chi connectivity index (χ4v) is 2.41. The highest BCUT2D eigenvalue weighted by molar-refractivity contribution is 5.51. The van der Waals surface area contributed by atoms with Crippen molar-refractivity contribution in [2.75, 3.05) is 25.5 Å². The minimum Gasteiger partial charge on any atom is -0.382 e. The average Bonchev–Trinajstić information content (AvgIpc) is 2.96. The molecular weight excluding hydrogens is 240 g/mol. The molecule has 2 heterocycles. The van der Waals surface area contributed by atoms with Crippen molar-refractivity contribution < 1.29 is 0 Å². The Balaban J connectivity index is 1.70. The smallest absolute Gasteiger partial charge is 0.143 e. The molecule has 19 heavy (non-hydrogen) atoms. The Hall–Kier alpha value is -1.95. The van der Waals surface area contributed by atoms with Crippen LogP contribution in [0.25, 0.3) is 5.69 Å². The topological polar surface area (TPSA) is 58.9 Å². The number of aromatic nitrogens is 4. The Bertz CT molecular complexity index is 516. The average molecular weight is 258 g/mol. The lowest BCUT2D eigenvalue weighted by molar-refractivity contribution is 0.264. The van der Waals surface area contributed by atoms with Crippen molar-refractivity contribution >= 4 is 5.69 Å². The second-order valence-electron chi connectivity index (χ2n) is 5.03. The van der Waals surface area contributed by atoms with Gasteiger partial charge in [-0.05, 0) is 61.6 Å². The van der Waals surface area contributed by atoms with Crippen LogP contribution in [0.15, 0.2) is 30.6 Å². The monoisotopic (exact) mass is 258 g/mol. The van der Waals surface area contributed by atoms with Gasteiger partial charge in [0.25, 0.3) is 0 Å². The summed E-state index contributed by atoms with van der Waals surface area (Å²) in [5.41, 5.74) is 2.10. The first kappa shape index (κ1) is 12.1. The second-order valence-corrected chi connectivity index (χ2v) is 5.03.